The van der Waals surface area contributed by atoms with Gasteiger partial charge in [0, 0.05) is 18.0 Å². The number of hydrogen-bond donors (Lipinski definition) is 6. The number of carboxylic acid groups (broad SMARTS) is 1. The van der Waals surface area contributed by atoms with E-state index in [1.54, 1.807) is 12.1 Å². The Labute approximate surface area is 286 Å². The molecule has 0 bridgehead atoms. The Morgan fingerprint density at radius 1 is 0.755 bits per heavy atom. The van der Waals surface area contributed by atoms with Gasteiger partial charge >= 0.3 is 6.09 Å². The van der Waals surface area contributed by atoms with Gasteiger partial charge in [-0.05, 0) is 77.5 Å². The second-order valence-electron chi connectivity index (χ2n) is 12.3. The van der Waals surface area contributed by atoms with Crippen LogP contribution in [0.3, 0.4) is 0 Å². The van der Waals surface area contributed by atoms with E-state index in [0.29, 0.717) is 29.6 Å². The summed E-state index contributed by atoms with van der Waals surface area (Å²) < 4.78 is 6.06. The Balaban J connectivity index is 0.981. The first-order chi connectivity index (χ1) is 23.9. The number of aromatic hydroxyl groups is 1. The fourth-order valence-electron chi connectivity index (χ4n) is 6.12. The van der Waals surface area contributed by atoms with Crippen molar-refractivity contribution in [3.8, 4) is 22.6 Å². The lowest BCUT2D eigenvalue weighted by molar-refractivity contribution is 0.176. The third kappa shape index (κ3) is 10.2. The number of benzene rings is 4. The summed E-state index contributed by atoms with van der Waals surface area (Å²) >= 11 is 0. The van der Waals surface area contributed by atoms with Gasteiger partial charge in [0.2, 0.25) is 5.56 Å². The maximum Gasteiger partial charge on any atom is 0.405 e. The van der Waals surface area contributed by atoms with Crippen LogP contribution in [0.15, 0.2) is 108 Å². The molecule has 4 aromatic carbocycles. The molecule has 6 N–H and O–H groups in total. The molecule has 0 aliphatic heterocycles. The molecule has 5 aromatic rings. The Hall–Kier alpha value is -5.12. The lowest BCUT2D eigenvalue weighted by Gasteiger charge is -2.20. The average molecular weight is 664 g/mol. The number of H-pyrrole nitrogens is 1. The van der Waals surface area contributed by atoms with Crippen LogP contribution in [-0.2, 0) is 0 Å². The molecule has 9 heteroatoms. The van der Waals surface area contributed by atoms with Crippen molar-refractivity contribution in [3.05, 3.63) is 130 Å². The summed E-state index contributed by atoms with van der Waals surface area (Å²) in [6.07, 6.45) is 5.74. The van der Waals surface area contributed by atoms with Crippen LogP contribution in [0.5, 0.6) is 11.5 Å². The zero-order chi connectivity index (χ0) is 34.4. The van der Waals surface area contributed by atoms with Gasteiger partial charge in [0.15, 0.2) is 0 Å². The third-order valence-corrected chi connectivity index (χ3v) is 8.66. The quantitative estimate of drug-likeness (QED) is 0.0528. The van der Waals surface area contributed by atoms with Gasteiger partial charge in [-0.25, -0.2) is 4.79 Å². The molecular formula is C40H45N3O6. The number of hydrogen-bond acceptors (Lipinski definition) is 6. The number of carbonyl (C=O) groups is 1. The lowest BCUT2D eigenvalue weighted by atomic mass is 9.95. The standard InChI is InChI=1S/C40H45N3O6/c44-35-21-19-33(34-20-22-37(46)42-39(34)35)36(45)27-41-23-9-4-2-1-3-5-10-24-49-32-18-12-17-31(26-32)38(43-40(47)48)30-16-11-15-29(25-30)28-13-7-6-8-14-28/h6-8,11-22,25-26,36,38,41,43-45H,1-5,9-10,23-24,27H2,(H,42,46)(H,47,48). The van der Waals surface area contributed by atoms with Crippen molar-refractivity contribution in [3.63, 3.8) is 0 Å². The van der Waals surface area contributed by atoms with Crippen molar-refractivity contribution in [2.24, 2.45) is 0 Å². The van der Waals surface area contributed by atoms with Crippen molar-refractivity contribution in [2.75, 3.05) is 19.7 Å². The summed E-state index contributed by atoms with van der Waals surface area (Å²) in [4.78, 5) is 26.0. The first-order valence-electron chi connectivity index (χ1n) is 17.0. The van der Waals surface area contributed by atoms with Crippen LogP contribution in [-0.4, -0.2) is 46.1 Å². The molecule has 0 aliphatic carbocycles. The molecule has 1 heterocycles. The Kier molecular flexibility index (Phi) is 12.8. The van der Waals surface area contributed by atoms with Crippen LogP contribution in [0.4, 0.5) is 4.79 Å². The minimum absolute atomic E-state index is 0.0167. The maximum absolute atomic E-state index is 11.7. The number of aromatic amines is 1. The van der Waals surface area contributed by atoms with Crippen LogP contribution in [0.25, 0.3) is 22.0 Å². The number of aliphatic hydroxyl groups excluding tert-OH is 1. The Bertz CT molecular complexity index is 1860. The number of phenols is 1. The number of pyridine rings is 1. The van der Waals surface area contributed by atoms with Crippen molar-refractivity contribution in [1.29, 1.82) is 0 Å². The third-order valence-electron chi connectivity index (χ3n) is 8.66. The number of aromatic nitrogens is 1. The van der Waals surface area contributed by atoms with E-state index in [2.05, 4.69) is 15.6 Å². The summed E-state index contributed by atoms with van der Waals surface area (Å²) in [5.74, 6) is 0.706. The largest absolute Gasteiger partial charge is 0.506 e. The molecule has 0 radical (unpaired) electrons. The van der Waals surface area contributed by atoms with Gasteiger partial charge in [0.1, 0.15) is 11.5 Å². The van der Waals surface area contributed by atoms with Crippen molar-refractivity contribution >= 4 is 17.0 Å². The highest BCUT2D eigenvalue weighted by Gasteiger charge is 2.18. The van der Waals surface area contributed by atoms with E-state index in [-0.39, 0.29) is 11.3 Å². The molecule has 1 aromatic heterocycles. The number of ether oxygens (including phenoxy) is 1. The van der Waals surface area contributed by atoms with E-state index in [1.807, 2.05) is 78.9 Å². The van der Waals surface area contributed by atoms with E-state index < -0.39 is 18.2 Å². The summed E-state index contributed by atoms with van der Waals surface area (Å²) in [5, 5.41) is 37.0. The number of phenolic OH excluding ortho intramolecular Hbond substituents is 1. The number of fused-ring (bicyclic) bond motifs is 1. The molecule has 0 spiro atoms. The highest BCUT2D eigenvalue weighted by molar-refractivity contribution is 5.87. The summed E-state index contributed by atoms with van der Waals surface area (Å²) in [7, 11) is 0. The van der Waals surface area contributed by atoms with Gasteiger partial charge in [-0.2, -0.15) is 0 Å². The molecule has 0 saturated carbocycles. The number of unbranched alkanes of at least 4 members (excludes halogenated alkanes) is 6. The predicted molar refractivity (Wildman–Crippen MR) is 193 cm³/mol. The molecule has 2 atom stereocenters. The van der Waals surface area contributed by atoms with E-state index in [0.717, 1.165) is 79.5 Å². The van der Waals surface area contributed by atoms with Crippen LogP contribution < -0.4 is 20.9 Å². The maximum atomic E-state index is 11.7. The SMILES string of the molecule is O=C(O)NC(c1cccc(OCCCCCCCCCNCC(O)c2ccc(O)c3[nH]c(=O)ccc23)c1)c1cccc(-c2ccccc2)c1. The average Bonchev–Trinajstić information content (AvgIpc) is 3.12. The number of aliphatic hydroxyl groups is 1. The fourth-order valence-corrected chi connectivity index (χ4v) is 6.12. The highest BCUT2D eigenvalue weighted by Crippen LogP contribution is 2.30. The second-order valence-corrected chi connectivity index (χ2v) is 12.3. The fraction of sp³-hybridized carbons (Fsp3) is 0.300. The highest BCUT2D eigenvalue weighted by atomic mass is 16.5. The van der Waals surface area contributed by atoms with Gasteiger partial charge in [-0.3, -0.25) is 4.79 Å². The van der Waals surface area contributed by atoms with E-state index in [9.17, 15) is 24.9 Å². The molecule has 256 valence electrons. The summed E-state index contributed by atoms with van der Waals surface area (Å²) in [5.41, 5.74) is 4.48. The van der Waals surface area contributed by atoms with Crippen molar-refractivity contribution in [1.82, 2.24) is 15.6 Å². The zero-order valence-electron chi connectivity index (χ0n) is 27.6. The minimum atomic E-state index is -1.09. The van der Waals surface area contributed by atoms with Gasteiger partial charge in [0.25, 0.3) is 0 Å². The molecule has 5 rings (SSSR count). The molecule has 1 amide bonds. The molecule has 2 unspecified atom stereocenters. The molecule has 49 heavy (non-hydrogen) atoms. The summed E-state index contributed by atoms with van der Waals surface area (Å²) in [6.45, 7) is 1.79. The van der Waals surface area contributed by atoms with E-state index in [4.69, 9.17) is 4.74 Å². The monoisotopic (exact) mass is 663 g/mol. The smallest absolute Gasteiger partial charge is 0.405 e. The van der Waals surface area contributed by atoms with Crippen LogP contribution in [0, 0.1) is 0 Å². The normalized spacial score (nSPS) is 12.4. The first-order valence-corrected chi connectivity index (χ1v) is 17.0. The topological polar surface area (TPSA) is 144 Å². The number of amides is 1. The van der Waals surface area contributed by atoms with Crippen LogP contribution in [0.2, 0.25) is 0 Å². The molecule has 0 saturated heterocycles. The van der Waals surface area contributed by atoms with Gasteiger partial charge in [-0.15, -0.1) is 0 Å². The number of nitrogens with one attached hydrogen (secondary N) is 3. The second kappa shape index (κ2) is 17.9. The molecular weight excluding hydrogens is 618 g/mol. The Morgan fingerprint density at radius 3 is 2.22 bits per heavy atom. The van der Waals surface area contributed by atoms with Crippen LogP contribution >= 0.6 is 0 Å². The minimum Gasteiger partial charge on any atom is -0.506 e. The van der Waals surface area contributed by atoms with Gasteiger partial charge in [0.05, 0.1) is 24.3 Å². The van der Waals surface area contributed by atoms with Crippen molar-refractivity contribution in [2.45, 2.75) is 57.1 Å². The van der Waals surface area contributed by atoms with Gasteiger partial charge in [-0.1, -0.05) is 98.8 Å². The predicted octanol–water partition coefficient (Wildman–Crippen LogP) is 7.69. The van der Waals surface area contributed by atoms with Crippen molar-refractivity contribution < 1.29 is 24.9 Å². The molecule has 9 nitrogen and oxygen atoms in total. The molecule has 0 fully saturated rings. The van der Waals surface area contributed by atoms with Gasteiger partial charge < -0.3 is 35.7 Å². The zero-order valence-corrected chi connectivity index (χ0v) is 27.6. The lowest BCUT2D eigenvalue weighted by Crippen LogP contribution is -2.27. The Morgan fingerprint density at radius 2 is 1.45 bits per heavy atom. The first kappa shape index (κ1) is 35.2. The molecule has 0 aliphatic rings. The van der Waals surface area contributed by atoms with E-state index in [1.165, 1.54) is 12.1 Å². The van der Waals surface area contributed by atoms with E-state index >= 15 is 0 Å². The summed E-state index contributed by atoms with van der Waals surface area (Å²) in [6, 6.07) is 31.3. The number of rotatable bonds is 18. The van der Waals surface area contributed by atoms with Crippen LogP contribution in [0.1, 0.15) is 73.8 Å².